The summed E-state index contributed by atoms with van der Waals surface area (Å²) < 4.78 is 2.05. The fourth-order valence-corrected chi connectivity index (χ4v) is 2.06. The van der Waals surface area contributed by atoms with Gasteiger partial charge in [0.2, 0.25) is 0 Å². The summed E-state index contributed by atoms with van der Waals surface area (Å²) in [5.41, 5.74) is 7.63. The third-order valence-electron chi connectivity index (χ3n) is 2.89. The van der Waals surface area contributed by atoms with Crippen molar-refractivity contribution >= 4 is 0 Å². The van der Waals surface area contributed by atoms with Gasteiger partial charge in [-0.3, -0.25) is 0 Å². The van der Waals surface area contributed by atoms with Crippen molar-refractivity contribution in [2.75, 3.05) is 0 Å². The molecule has 1 aliphatic rings. The van der Waals surface area contributed by atoms with Crippen molar-refractivity contribution < 1.29 is 0 Å². The van der Waals surface area contributed by atoms with Gasteiger partial charge in [-0.15, -0.1) is 5.10 Å². The molecule has 4 heteroatoms. The van der Waals surface area contributed by atoms with Gasteiger partial charge in [0, 0.05) is 6.54 Å². The lowest BCUT2D eigenvalue weighted by atomic mass is 10.2. The van der Waals surface area contributed by atoms with Crippen LogP contribution in [0.25, 0.3) is 0 Å². The lowest BCUT2D eigenvalue weighted by Crippen LogP contribution is -2.09. The maximum Gasteiger partial charge on any atom is 0.0991 e. The van der Waals surface area contributed by atoms with Crippen LogP contribution in [-0.4, -0.2) is 15.0 Å². The van der Waals surface area contributed by atoms with Gasteiger partial charge >= 0.3 is 0 Å². The summed E-state index contributed by atoms with van der Waals surface area (Å²) in [5.74, 6) is 0. The Bertz CT molecular complexity index is 286. The summed E-state index contributed by atoms with van der Waals surface area (Å²) in [4.78, 5) is 0. The van der Waals surface area contributed by atoms with E-state index < -0.39 is 0 Å². The summed E-state index contributed by atoms with van der Waals surface area (Å²) >= 11 is 0. The molecule has 13 heavy (non-hydrogen) atoms. The van der Waals surface area contributed by atoms with Gasteiger partial charge in [0.1, 0.15) is 0 Å². The fraction of sp³-hybridized carbons (Fsp3) is 0.778. The number of hydrogen-bond donors (Lipinski definition) is 1. The van der Waals surface area contributed by atoms with Gasteiger partial charge in [-0.2, -0.15) is 0 Å². The second-order valence-corrected chi connectivity index (χ2v) is 3.71. The van der Waals surface area contributed by atoms with Gasteiger partial charge < -0.3 is 5.73 Å². The first kappa shape index (κ1) is 8.69. The zero-order chi connectivity index (χ0) is 9.26. The molecule has 0 amide bonds. The van der Waals surface area contributed by atoms with Crippen LogP contribution in [0.4, 0.5) is 0 Å². The van der Waals surface area contributed by atoms with Crippen LogP contribution < -0.4 is 5.73 Å². The predicted octanol–water partition coefficient (Wildman–Crippen LogP) is 1.16. The molecule has 4 nitrogen and oxygen atoms in total. The maximum atomic E-state index is 5.55. The van der Waals surface area contributed by atoms with Crippen LogP contribution >= 0.6 is 0 Å². The van der Waals surface area contributed by atoms with E-state index in [1.165, 1.54) is 25.7 Å². The van der Waals surface area contributed by atoms with Crippen LogP contribution in [0.3, 0.4) is 0 Å². The largest absolute Gasteiger partial charge is 0.325 e. The summed E-state index contributed by atoms with van der Waals surface area (Å²) in [7, 11) is 0. The molecule has 0 unspecified atom stereocenters. The minimum absolute atomic E-state index is 0.499. The molecule has 0 bridgehead atoms. The molecule has 0 atom stereocenters. The number of nitrogens with two attached hydrogens (primary N) is 1. The average Bonchev–Trinajstić information content (AvgIpc) is 2.72. The first-order valence-corrected chi connectivity index (χ1v) is 4.93. The Hall–Kier alpha value is -0.900. The van der Waals surface area contributed by atoms with E-state index in [0.717, 1.165) is 11.4 Å². The van der Waals surface area contributed by atoms with Crippen LogP contribution in [-0.2, 0) is 6.54 Å². The van der Waals surface area contributed by atoms with Crippen molar-refractivity contribution in [2.24, 2.45) is 5.73 Å². The Kier molecular flexibility index (Phi) is 2.31. The summed E-state index contributed by atoms with van der Waals surface area (Å²) in [6.07, 6.45) is 5.13. The van der Waals surface area contributed by atoms with E-state index in [1.807, 2.05) is 0 Å². The highest BCUT2D eigenvalue weighted by atomic mass is 15.4. The van der Waals surface area contributed by atoms with E-state index >= 15 is 0 Å². The van der Waals surface area contributed by atoms with E-state index in [4.69, 9.17) is 5.73 Å². The molecule has 0 radical (unpaired) electrons. The van der Waals surface area contributed by atoms with Crippen molar-refractivity contribution in [1.82, 2.24) is 15.0 Å². The topological polar surface area (TPSA) is 56.7 Å². The molecular formula is C9H16N4. The van der Waals surface area contributed by atoms with Gasteiger partial charge in [0.25, 0.3) is 0 Å². The van der Waals surface area contributed by atoms with Gasteiger partial charge in [0.05, 0.1) is 17.4 Å². The highest BCUT2D eigenvalue weighted by Gasteiger charge is 2.20. The molecule has 1 saturated carbocycles. The van der Waals surface area contributed by atoms with E-state index in [2.05, 4.69) is 21.9 Å². The summed E-state index contributed by atoms with van der Waals surface area (Å²) in [6, 6.07) is 0.577. The molecule has 2 N–H and O–H groups in total. The lowest BCUT2D eigenvalue weighted by molar-refractivity contribution is 0.444. The molecule has 0 spiro atoms. The Balaban J connectivity index is 2.24. The zero-order valence-corrected chi connectivity index (χ0v) is 8.03. The smallest absolute Gasteiger partial charge is 0.0991 e. The molecule has 1 fully saturated rings. The summed E-state index contributed by atoms with van der Waals surface area (Å²) in [5, 5.41) is 8.22. The molecule has 1 aliphatic carbocycles. The minimum Gasteiger partial charge on any atom is -0.325 e. The van der Waals surface area contributed by atoms with Crippen molar-refractivity contribution in [3.8, 4) is 0 Å². The Morgan fingerprint density at radius 1 is 1.46 bits per heavy atom. The van der Waals surface area contributed by atoms with E-state index in [9.17, 15) is 0 Å². The third kappa shape index (κ3) is 1.46. The standard InChI is InChI=1S/C9H16N4/c1-7-9(6-10)11-12-13(7)8-4-2-3-5-8/h8H,2-6,10H2,1H3. The zero-order valence-electron chi connectivity index (χ0n) is 8.03. The number of aromatic nitrogens is 3. The number of rotatable bonds is 2. The van der Waals surface area contributed by atoms with Crippen molar-refractivity contribution in [3.05, 3.63) is 11.4 Å². The monoisotopic (exact) mass is 180 g/mol. The molecule has 1 heterocycles. The fourth-order valence-electron chi connectivity index (χ4n) is 2.06. The lowest BCUT2D eigenvalue weighted by Gasteiger charge is -2.10. The van der Waals surface area contributed by atoms with Crippen LogP contribution in [0.2, 0.25) is 0 Å². The van der Waals surface area contributed by atoms with Crippen LogP contribution in [0.15, 0.2) is 0 Å². The first-order valence-electron chi connectivity index (χ1n) is 4.93. The number of nitrogens with zero attached hydrogens (tertiary/aromatic N) is 3. The molecule has 0 saturated heterocycles. The molecule has 2 rings (SSSR count). The second-order valence-electron chi connectivity index (χ2n) is 3.71. The van der Waals surface area contributed by atoms with Crippen molar-refractivity contribution in [2.45, 2.75) is 45.2 Å². The van der Waals surface area contributed by atoms with E-state index in [1.54, 1.807) is 0 Å². The van der Waals surface area contributed by atoms with E-state index in [-0.39, 0.29) is 0 Å². The molecular weight excluding hydrogens is 164 g/mol. The Labute approximate surface area is 78.1 Å². The molecule has 0 aliphatic heterocycles. The minimum atomic E-state index is 0.499. The van der Waals surface area contributed by atoms with Gasteiger partial charge in [-0.05, 0) is 19.8 Å². The Morgan fingerprint density at radius 3 is 2.69 bits per heavy atom. The molecule has 1 aromatic rings. The van der Waals surface area contributed by atoms with E-state index in [0.29, 0.717) is 12.6 Å². The quantitative estimate of drug-likeness (QED) is 0.743. The highest BCUT2D eigenvalue weighted by Crippen LogP contribution is 2.29. The van der Waals surface area contributed by atoms with Gasteiger partial charge in [0.15, 0.2) is 0 Å². The normalized spacial score (nSPS) is 18.3. The average molecular weight is 180 g/mol. The van der Waals surface area contributed by atoms with Crippen molar-refractivity contribution in [1.29, 1.82) is 0 Å². The predicted molar refractivity (Wildman–Crippen MR) is 50.2 cm³/mol. The van der Waals surface area contributed by atoms with Gasteiger partial charge in [-0.1, -0.05) is 18.1 Å². The molecule has 72 valence electrons. The van der Waals surface area contributed by atoms with Crippen LogP contribution in [0, 0.1) is 6.92 Å². The number of hydrogen-bond acceptors (Lipinski definition) is 3. The SMILES string of the molecule is Cc1c(CN)nnn1C1CCCC1. The van der Waals surface area contributed by atoms with Gasteiger partial charge in [-0.25, -0.2) is 4.68 Å². The third-order valence-corrected chi connectivity index (χ3v) is 2.89. The summed E-state index contributed by atoms with van der Waals surface area (Å²) in [6.45, 7) is 2.55. The Morgan fingerprint density at radius 2 is 2.15 bits per heavy atom. The van der Waals surface area contributed by atoms with Crippen LogP contribution in [0.5, 0.6) is 0 Å². The van der Waals surface area contributed by atoms with Crippen molar-refractivity contribution in [3.63, 3.8) is 0 Å². The first-order chi connectivity index (χ1) is 6.33. The molecule has 0 aromatic carbocycles. The molecule has 1 aromatic heterocycles. The maximum absolute atomic E-state index is 5.55. The second kappa shape index (κ2) is 3.46. The van der Waals surface area contributed by atoms with Crippen LogP contribution in [0.1, 0.15) is 43.1 Å². The highest BCUT2D eigenvalue weighted by molar-refractivity contribution is 5.08.